The molecular weight excluding hydrogens is 308 g/mol. The van der Waals surface area contributed by atoms with Crippen LogP contribution in [0.15, 0.2) is 23.2 Å². The van der Waals surface area contributed by atoms with Crippen molar-refractivity contribution in [2.24, 2.45) is 0 Å². The minimum atomic E-state index is -3.67. The van der Waals surface area contributed by atoms with Crippen molar-refractivity contribution in [2.75, 3.05) is 12.0 Å². The molecule has 0 aliphatic carbocycles. The fraction of sp³-hybridized carbons (Fsp3) is 0.400. The summed E-state index contributed by atoms with van der Waals surface area (Å²) in [5.74, 6) is -0.451. The van der Waals surface area contributed by atoms with E-state index in [0.717, 1.165) is 0 Å². The lowest BCUT2D eigenvalue weighted by Crippen LogP contribution is -2.08. The summed E-state index contributed by atoms with van der Waals surface area (Å²) in [6.45, 7) is 0. The van der Waals surface area contributed by atoms with E-state index in [1.807, 2.05) is 6.07 Å². The Bertz CT molecular complexity index is 668. The van der Waals surface area contributed by atoms with Gasteiger partial charge in [-0.3, -0.25) is 4.55 Å². The summed E-state index contributed by atoms with van der Waals surface area (Å²) in [7, 11) is -7.14. The molecule has 0 aliphatic rings. The Hall–Kier alpha value is -1.70. The number of hydrogen-bond donors (Lipinski definition) is 2. The van der Waals surface area contributed by atoms with Crippen LogP contribution in [0.3, 0.4) is 0 Å². The SMILES string of the molecule is CS(=O)(=O)O.N#CCCCS(=O)(=O)c1cccc(O)n1. The Labute approximate surface area is 117 Å². The van der Waals surface area contributed by atoms with Crippen molar-refractivity contribution >= 4 is 20.0 Å². The van der Waals surface area contributed by atoms with E-state index in [9.17, 15) is 16.8 Å². The second kappa shape index (κ2) is 7.78. The van der Waals surface area contributed by atoms with E-state index in [4.69, 9.17) is 14.9 Å². The van der Waals surface area contributed by atoms with Crippen molar-refractivity contribution < 1.29 is 26.5 Å². The van der Waals surface area contributed by atoms with Gasteiger partial charge in [-0.05, 0) is 12.5 Å². The molecule has 0 saturated carbocycles. The molecule has 1 aromatic rings. The lowest BCUT2D eigenvalue weighted by molar-refractivity contribution is 0.447. The summed E-state index contributed by atoms with van der Waals surface area (Å²) in [6.07, 6.45) is 1.18. The predicted octanol–water partition coefficient (Wildman–Crippen LogP) is 0.369. The average Bonchev–Trinajstić information content (AvgIpc) is 2.27. The van der Waals surface area contributed by atoms with Gasteiger partial charge >= 0.3 is 0 Å². The van der Waals surface area contributed by atoms with Crippen molar-refractivity contribution in [3.05, 3.63) is 18.2 Å². The first-order valence-corrected chi connectivity index (χ1v) is 8.74. The van der Waals surface area contributed by atoms with E-state index >= 15 is 0 Å². The van der Waals surface area contributed by atoms with Gasteiger partial charge in [0.2, 0.25) is 5.88 Å². The monoisotopic (exact) mass is 322 g/mol. The number of pyridine rings is 1. The maximum absolute atomic E-state index is 11.6. The van der Waals surface area contributed by atoms with Crippen LogP contribution < -0.4 is 0 Å². The smallest absolute Gasteiger partial charge is 0.261 e. The van der Waals surface area contributed by atoms with Crippen molar-refractivity contribution in [3.8, 4) is 11.9 Å². The van der Waals surface area contributed by atoms with Crippen molar-refractivity contribution in [3.63, 3.8) is 0 Å². The molecule has 20 heavy (non-hydrogen) atoms. The fourth-order valence-electron chi connectivity index (χ4n) is 1.02. The molecule has 1 rings (SSSR count). The third kappa shape index (κ3) is 9.26. The maximum Gasteiger partial charge on any atom is 0.261 e. The molecule has 0 atom stereocenters. The number of hydrogen-bond acceptors (Lipinski definition) is 7. The molecular formula is C10H14N2O6S2. The Kier molecular flexibility index (Phi) is 7.12. The van der Waals surface area contributed by atoms with E-state index in [-0.39, 0.29) is 29.5 Å². The number of aromatic hydroxyl groups is 1. The fourth-order valence-corrected chi connectivity index (χ4v) is 2.27. The molecule has 0 amide bonds. The lowest BCUT2D eigenvalue weighted by Gasteiger charge is -2.01. The highest BCUT2D eigenvalue weighted by molar-refractivity contribution is 7.91. The van der Waals surface area contributed by atoms with Crippen molar-refractivity contribution in [2.45, 2.75) is 17.9 Å². The third-order valence-electron chi connectivity index (χ3n) is 1.73. The van der Waals surface area contributed by atoms with E-state index in [0.29, 0.717) is 6.26 Å². The van der Waals surface area contributed by atoms with Gasteiger partial charge in [-0.1, -0.05) is 6.07 Å². The molecule has 112 valence electrons. The molecule has 1 aromatic heterocycles. The van der Waals surface area contributed by atoms with Gasteiger partial charge in [0.05, 0.1) is 18.1 Å². The first-order chi connectivity index (χ1) is 9.06. The number of sulfone groups is 1. The number of nitriles is 1. The molecule has 0 saturated heterocycles. The van der Waals surface area contributed by atoms with Gasteiger partial charge in [-0.2, -0.15) is 13.7 Å². The van der Waals surface area contributed by atoms with E-state index in [1.165, 1.54) is 18.2 Å². The Balaban J connectivity index is 0.000000621. The molecule has 2 N–H and O–H groups in total. The van der Waals surface area contributed by atoms with Gasteiger partial charge in [0, 0.05) is 12.5 Å². The highest BCUT2D eigenvalue weighted by atomic mass is 32.2. The minimum Gasteiger partial charge on any atom is -0.493 e. The molecule has 0 radical (unpaired) electrons. The Morgan fingerprint density at radius 3 is 2.30 bits per heavy atom. The first-order valence-electron chi connectivity index (χ1n) is 5.24. The molecule has 8 nitrogen and oxygen atoms in total. The van der Waals surface area contributed by atoms with Gasteiger partial charge in [-0.15, -0.1) is 0 Å². The Morgan fingerprint density at radius 1 is 1.30 bits per heavy atom. The van der Waals surface area contributed by atoms with Crippen LogP contribution in [0.4, 0.5) is 0 Å². The van der Waals surface area contributed by atoms with Crippen molar-refractivity contribution in [1.82, 2.24) is 4.98 Å². The molecule has 0 spiro atoms. The quantitative estimate of drug-likeness (QED) is 0.597. The molecule has 0 aliphatic heterocycles. The predicted molar refractivity (Wildman–Crippen MR) is 70.3 cm³/mol. The second-order valence-corrected chi connectivity index (χ2v) is 7.17. The largest absolute Gasteiger partial charge is 0.493 e. The van der Waals surface area contributed by atoms with Crippen LogP contribution in [0.25, 0.3) is 0 Å². The normalized spacial score (nSPS) is 11.1. The van der Waals surface area contributed by atoms with Crippen LogP contribution in [-0.2, 0) is 20.0 Å². The highest BCUT2D eigenvalue weighted by Gasteiger charge is 2.15. The van der Waals surface area contributed by atoms with Gasteiger partial charge in [0.25, 0.3) is 10.1 Å². The molecule has 1 heterocycles. The topological polar surface area (TPSA) is 145 Å². The van der Waals surface area contributed by atoms with Crippen LogP contribution in [0.2, 0.25) is 0 Å². The van der Waals surface area contributed by atoms with Crippen LogP contribution in [-0.4, -0.2) is 43.5 Å². The number of rotatable bonds is 4. The molecule has 0 unspecified atom stereocenters. The van der Waals surface area contributed by atoms with Crippen LogP contribution in [0.1, 0.15) is 12.8 Å². The molecule has 10 heteroatoms. The standard InChI is InChI=1S/C9H10N2O3S.CH4O3S/c10-6-1-2-7-15(13,14)9-5-3-4-8(12)11-9;1-5(2,3)4/h3-5H,1-2,7H2,(H,11,12);1H3,(H,2,3,4). The van der Waals surface area contributed by atoms with Crippen LogP contribution >= 0.6 is 0 Å². The number of nitrogens with zero attached hydrogens (tertiary/aromatic N) is 2. The first kappa shape index (κ1) is 18.3. The van der Waals surface area contributed by atoms with E-state index in [2.05, 4.69) is 4.98 Å². The Morgan fingerprint density at radius 2 is 1.85 bits per heavy atom. The molecule has 0 bridgehead atoms. The number of aromatic nitrogens is 1. The zero-order valence-electron chi connectivity index (χ0n) is 10.6. The summed E-state index contributed by atoms with van der Waals surface area (Å²) in [4.78, 5) is 3.51. The zero-order valence-corrected chi connectivity index (χ0v) is 12.2. The van der Waals surface area contributed by atoms with Crippen molar-refractivity contribution in [1.29, 1.82) is 5.26 Å². The summed E-state index contributed by atoms with van der Waals surface area (Å²) < 4.78 is 49.0. The third-order valence-corrected chi connectivity index (χ3v) is 3.42. The minimum absolute atomic E-state index is 0.128. The van der Waals surface area contributed by atoms with Gasteiger partial charge < -0.3 is 5.11 Å². The van der Waals surface area contributed by atoms with Gasteiger partial charge in [-0.25, -0.2) is 13.4 Å². The second-order valence-electron chi connectivity index (χ2n) is 3.65. The van der Waals surface area contributed by atoms with Crippen LogP contribution in [0, 0.1) is 11.3 Å². The van der Waals surface area contributed by atoms with Crippen LogP contribution in [0.5, 0.6) is 5.88 Å². The summed E-state index contributed by atoms with van der Waals surface area (Å²) in [5, 5.41) is 17.1. The lowest BCUT2D eigenvalue weighted by atomic mass is 10.4. The average molecular weight is 322 g/mol. The summed E-state index contributed by atoms with van der Waals surface area (Å²) >= 11 is 0. The summed E-state index contributed by atoms with van der Waals surface area (Å²) in [5.41, 5.74) is 0. The van der Waals surface area contributed by atoms with E-state index in [1.54, 1.807) is 0 Å². The molecule has 0 fully saturated rings. The molecule has 0 aromatic carbocycles. The highest BCUT2D eigenvalue weighted by Crippen LogP contribution is 2.13. The summed E-state index contributed by atoms with van der Waals surface area (Å²) in [6, 6.07) is 5.91. The van der Waals surface area contributed by atoms with E-state index < -0.39 is 20.0 Å². The van der Waals surface area contributed by atoms with Gasteiger partial charge in [0.15, 0.2) is 14.9 Å². The zero-order chi connectivity index (χ0) is 15.8. The number of unbranched alkanes of at least 4 members (excludes halogenated alkanes) is 1. The maximum atomic E-state index is 11.6. The van der Waals surface area contributed by atoms with Gasteiger partial charge in [0.1, 0.15) is 0 Å².